The van der Waals surface area contributed by atoms with Crippen LogP contribution in [0.5, 0.6) is 0 Å². The second-order valence-corrected chi connectivity index (χ2v) is 15.7. The van der Waals surface area contributed by atoms with E-state index in [4.69, 9.17) is 18.9 Å². The fourth-order valence-electron chi connectivity index (χ4n) is 7.45. The lowest BCUT2D eigenvalue weighted by atomic mass is 9.89. The van der Waals surface area contributed by atoms with Crippen molar-refractivity contribution in [3.8, 4) is 0 Å². The Morgan fingerprint density at radius 2 is 0.603 bits per heavy atom. The maximum Gasteiger partial charge on any atom is 0.339 e. The van der Waals surface area contributed by atoms with Crippen molar-refractivity contribution in [1.29, 1.82) is 0 Å². The molecule has 0 unspecified atom stereocenters. The summed E-state index contributed by atoms with van der Waals surface area (Å²) in [5, 5.41) is 4.37. The van der Waals surface area contributed by atoms with Gasteiger partial charge in [-0.2, -0.15) is 0 Å². The van der Waals surface area contributed by atoms with E-state index in [1.54, 1.807) is 30.3 Å². The Labute approximate surface area is 346 Å². The largest absolute Gasteiger partial charge is 0.462 e. The fraction of sp³-hybridized carbons (Fsp3) is 0.560. The highest BCUT2D eigenvalue weighted by Crippen LogP contribution is 2.38. The summed E-state index contributed by atoms with van der Waals surface area (Å²) < 4.78 is 23.0. The third-order valence-corrected chi connectivity index (χ3v) is 10.9. The van der Waals surface area contributed by atoms with E-state index in [-0.39, 0.29) is 24.3 Å². The minimum Gasteiger partial charge on any atom is -0.462 e. The number of unbranched alkanes of at least 4 members (excludes halogenated alkanes) is 16. The van der Waals surface area contributed by atoms with Crippen LogP contribution in [-0.4, -0.2) is 50.3 Å². The van der Waals surface area contributed by atoms with Crippen LogP contribution in [-0.2, 0) is 18.9 Å². The van der Waals surface area contributed by atoms with Crippen LogP contribution in [0.25, 0.3) is 32.3 Å². The molecule has 0 aliphatic carbocycles. The van der Waals surface area contributed by atoms with Crippen LogP contribution >= 0.6 is 0 Å². The van der Waals surface area contributed by atoms with Gasteiger partial charge in [0.05, 0.1) is 48.7 Å². The maximum absolute atomic E-state index is 13.9. The first kappa shape index (κ1) is 46.2. The first-order valence-electron chi connectivity index (χ1n) is 22.5. The zero-order valence-electron chi connectivity index (χ0n) is 35.9. The molecule has 0 aromatic heterocycles. The molecule has 8 heteroatoms. The van der Waals surface area contributed by atoms with E-state index in [0.29, 0.717) is 40.5 Å². The Morgan fingerprint density at radius 1 is 0.328 bits per heavy atom. The van der Waals surface area contributed by atoms with Gasteiger partial charge >= 0.3 is 23.9 Å². The normalized spacial score (nSPS) is 11.3. The Hall–Kier alpha value is -4.46. The maximum atomic E-state index is 13.9. The molecule has 0 heterocycles. The van der Waals surface area contributed by atoms with E-state index in [0.717, 1.165) is 138 Å². The molecule has 4 aromatic rings. The van der Waals surface area contributed by atoms with Gasteiger partial charge in [0.15, 0.2) is 0 Å². The fourth-order valence-corrected chi connectivity index (χ4v) is 7.45. The van der Waals surface area contributed by atoms with Crippen LogP contribution in [0.1, 0.15) is 198 Å². The Morgan fingerprint density at radius 3 is 0.948 bits per heavy atom. The van der Waals surface area contributed by atoms with Gasteiger partial charge in [-0.05, 0) is 94.4 Å². The smallest absolute Gasteiger partial charge is 0.339 e. The summed E-state index contributed by atoms with van der Waals surface area (Å²) in [7, 11) is 0. The topological polar surface area (TPSA) is 105 Å². The molecule has 4 aromatic carbocycles. The van der Waals surface area contributed by atoms with Gasteiger partial charge in [0.1, 0.15) is 0 Å². The number of benzene rings is 4. The SMILES string of the molecule is CCCCCCCOC(=O)c1ccc2c(c1)c1ccc(C(=O)OCCCCCCC)cc1c1cc(C(=O)OCCCCCCC)c(C(=O)OCCCCCCC)cc21. The number of esters is 4. The lowest BCUT2D eigenvalue weighted by Crippen LogP contribution is -2.15. The second kappa shape index (κ2) is 25.8. The van der Waals surface area contributed by atoms with Crippen molar-refractivity contribution in [1.82, 2.24) is 0 Å². The average molecular weight is 797 g/mol. The Kier molecular flexibility index (Phi) is 20.6. The van der Waals surface area contributed by atoms with Gasteiger partial charge in [-0.1, -0.05) is 143 Å². The van der Waals surface area contributed by atoms with E-state index in [1.165, 1.54) is 6.42 Å². The molecule has 316 valence electrons. The predicted molar refractivity (Wildman–Crippen MR) is 235 cm³/mol. The number of ether oxygens (including phenoxy) is 4. The lowest BCUT2D eigenvalue weighted by molar-refractivity contribution is 0.0451. The summed E-state index contributed by atoms with van der Waals surface area (Å²) in [6.07, 6.45) is 20.5. The summed E-state index contributed by atoms with van der Waals surface area (Å²) in [4.78, 5) is 54.4. The predicted octanol–water partition coefficient (Wildman–Crippen LogP) is 13.7. The average Bonchev–Trinajstić information content (AvgIpc) is 3.24. The molecule has 0 saturated heterocycles. The number of hydrogen-bond donors (Lipinski definition) is 0. The van der Waals surface area contributed by atoms with Crippen LogP contribution in [0.2, 0.25) is 0 Å². The van der Waals surface area contributed by atoms with Crippen molar-refractivity contribution in [2.75, 3.05) is 26.4 Å². The zero-order chi connectivity index (χ0) is 41.5. The van der Waals surface area contributed by atoms with Gasteiger partial charge in [-0.15, -0.1) is 0 Å². The van der Waals surface area contributed by atoms with Crippen molar-refractivity contribution >= 4 is 56.2 Å². The summed E-state index contributed by atoms with van der Waals surface area (Å²) >= 11 is 0. The van der Waals surface area contributed by atoms with Crippen LogP contribution in [0.4, 0.5) is 0 Å². The highest BCUT2D eigenvalue weighted by atomic mass is 16.5. The molecule has 0 bridgehead atoms. The lowest BCUT2D eigenvalue weighted by Gasteiger charge is -2.16. The molecule has 58 heavy (non-hydrogen) atoms. The molecule has 0 amide bonds. The molecular weight excluding hydrogens is 729 g/mol. The summed E-state index contributed by atoms with van der Waals surface area (Å²) in [6.45, 7) is 9.83. The van der Waals surface area contributed by atoms with E-state index < -0.39 is 23.9 Å². The van der Waals surface area contributed by atoms with Crippen LogP contribution in [0.15, 0.2) is 48.5 Å². The number of hydrogen-bond acceptors (Lipinski definition) is 8. The highest BCUT2D eigenvalue weighted by Gasteiger charge is 2.24. The quantitative estimate of drug-likeness (QED) is 0.0242. The number of carbonyl (C=O) groups excluding carboxylic acids is 4. The zero-order valence-corrected chi connectivity index (χ0v) is 35.9. The van der Waals surface area contributed by atoms with E-state index in [2.05, 4.69) is 27.7 Å². The van der Waals surface area contributed by atoms with E-state index in [1.807, 2.05) is 18.2 Å². The third kappa shape index (κ3) is 13.8. The van der Waals surface area contributed by atoms with Gasteiger partial charge in [-0.25, -0.2) is 19.2 Å². The minimum atomic E-state index is -0.591. The van der Waals surface area contributed by atoms with Crippen molar-refractivity contribution in [3.05, 3.63) is 70.8 Å². The molecule has 0 N–H and O–H groups in total. The van der Waals surface area contributed by atoms with Gasteiger partial charge in [0.2, 0.25) is 0 Å². The molecule has 0 saturated carbocycles. The molecule has 8 nitrogen and oxygen atoms in total. The molecule has 0 aliphatic rings. The first-order valence-corrected chi connectivity index (χ1v) is 22.5. The number of fused-ring (bicyclic) bond motifs is 6. The summed E-state index contributed by atoms with van der Waals surface area (Å²) in [5.74, 6) is -2.01. The highest BCUT2D eigenvalue weighted by molar-refractivity contribution is 6.28. The summed E-state index contributed by atoms with van der Waals surface area (Å²) in [6, 6.07) is 14.2. The monoisotopic (exact) mass is 796 g/mol. The van der Waals surface area contributed by atoms with Gasteiger partial charge in [0.25, 0.3) is 0 Å². The molecule has 0 aliphatic heterocycles. The van der Waals surface area contributed by atoms with Crippen molar-refractivity contribution in [3.63, 3.8) is 0 Å². The van der Waals surface area contributed by atoms with Crippen LogP contribution < -0.4 is 0 Å². The van der Waals surface area contributed by atoms with Crippen molar-refractivity contribution in [2.45, 2.75) is 156 Å². The molecule has 4 rings (SSSR count). The molecule has 0 fully saturated rings. The van der Waals surface area contributed by atoms with E-state index >= 15 is 0 Å². The van der Waals surface area contributed by atoms with Gasteiger partial charge in [0, 0.05) is 0 Å². The van der Waals surface area contributed by atoms with Crippen molar-refractivity contribution < 1.29 is 38.1 Å². The molecule has 0 spiro atoms. The first-order chi connectivity index (χ1) is 28.3. The standard InChI is InChI=1S/C50H68O8/c1-5-9-13-17-21-29-55-47(51)37-26-28-40-41(33-37)39-27-25-38(48(52)56-30-22-18-14-10-6-2)34-42(39)44-36-46(50(54)58-32-24-20-16-12-8-4)45(35-43(40)44)49(53)57-31-23-19-15-11-7-3/h25-28,33-36H,5-24,29-32H2,1-4H3. The summed E-state index contributed by atoms with van der Waals surface area (Å²) in [5.41, 5.74) is 1.04. The van der Waals surface area contributed by atoms with Crippen LogP contribution in [0.3, 0.4) is 0 Å². The van der Waals surface area contributed by atoms with Gasteiger partial charge in [-0.3, -0.25) is 0 Å². The number of carbonyl (C=O) groups is 4. The number of rotatable bonds is 28. The van der Waals surface area contributed by atoms with E-state index in [9.17, 15) is 19.2 Å². The third-order valence-electron chi connectivity index (χ3n) is 10.9. The Balaban J connectivity index is 1.79. The molecule has 0 atom stereocenters. The second-order valence-electron chi connectivity index (χ2n) is 15.7. The Bertz CT molecular complexity index is 1890. The minimum absolute atomic E-state index is 0.122. The van der Waals surface area contributed by atoms with Crippen molar-refractivity contribution in [2.24, 2.45) is 0 Å². The molecular formula is C50H68O8. The van der Waals surface area contributed by atoms with Gasteiger partial charge < -0.3 is 18.9 Å². The molecule has 0 radical (unpaired) electrons. The van der Waals surface area contributed by atoms with Crippen LogP contribution in [0, 0.1) is 0 Å².